The van der Waals surface area contributed by atoms with Crippen LogP contribution in [0.4, 0.5) is 0 Å². The molecule has 0 bridgehead atoms. The molecule has 0 saturated heterocycles. The van der Waals surface area contributed by atoms with Gasteiger partial charge in [0.2, 0.25) is 0 Å². The predicted octanol–water partition coefficient (Wildman–Crippen LogP) is 3.85. The Kier molecular flexibility index (Phi) is 5.23. The predicted molar refractivity (Wildman–Crippen MR) is 80.3 cm³/mol. The molecule has 0 saturated carbocycles. The lowest BCUT2D eigenvalue weighted by molar-refractivity contribution is 0.297. The van der Waals surface area contributed by atoms with E-state index in [1.165, 1.54) is 4.88 Å². The minimum atomic E-state index is 0.152. The second-order valence-electron chi connectivity index (χ2n) is 4.15. The molecule has 0 aliphatic rings. The van der Waals surface area contributed by atoms with Crippen molar-refractivity contribution in [1.29, 1.82) is 0 Å². The third-order valence-corrected chi connectivity index (χ3v) is 4.31. The first-order valence-corrected chi connectivity index (χ1v) is 7.57. The van der Waals surface area contributed by atoms with Crippen LogP contribution in [0.5, 0.6) is 5.75 Å². The van der Waals surface area contributed by atoms with Crippen molar-refractivity contribution in [2.75, 3.05) is 6.61 Å². The van der Waals surface area contributed by atoms with Crippen molar-refractivity contribution >= 4 is 27.3 Å². The summed E-state index contributed by atoms with van der Waals surface area (Å²) >= 11 is 5.19. The van der Waals surface area contributed by atoms with Gasteiger partial charge in [-0.05, 0) is 47.0 Å². The Bertz CT molecular complexity index is 472. The summed E-state index contributed by atoms with van der Waals surface area (Å²) in [6.07, 6.45) is 1.78. The maximum absolute atomic E-state index is 6.09. The van der Waals surface area contributed by atoms with Crippen molar-refractivity contribution in [2.45, 2.75) is 18.9 Å². The molecule has 0 amide bonds. The number of para-hydroxylation sites is 1. The van der Waals surface area contributed by atoms with Gasteiger partial charge >= 0.3 is 0 Å². The Labute approximate surface area is 120 Å². The van der Waals surface area contributed by atoms with E-state index in [9.17, 15) is 0 Å². The van der Waals surface area contributed by atoms with Gasteiger partial charge in [0.15, 0.2) is 0 Å². The third-order valence-electron chi connectivity index (χ3n) is 2.59. The standard InChI is InChI=1S/C14H16BrNOS/c15-11-8-14(18-10-11)9-12(16)6-7-17-13-4-2-1-3-5-13/h1-5,8,10,12H,6-7,9,16H2. The molecule has 1 unspecified atom stereocenters. The molecule has 0 spiro atoms. The van der Waals surface area contributed by atoms with Crippen molar-refractivity contribution in [3.63, 3.8) is 0 Å². The zero-order chi connectivity index (χ0) is 12.8. The molecule has 96 valence electrons. The second kappa shape index (κ2) is 6.92. The van der Waals surface area contributed by atoms with E-state index >= 15 is 0 Å². The Morgan fingerprint density at radius 1 is 1.28 bits per heavy atom. The minimum absolute atomic E-state index is 0.152. The summed E-state index contributed by atoms with van der Waals surface area (Å²) < 4.78 is 6.77. The monoisotopic (exact) mass is 325 g/mol. The van der Waals surface area contributed by atoms with E-state index in [1.54, 1.807) is 11.3 Å². The van der Waals surface area contributed by atoms with Gasteiger partial charge in [-0.2, -0.15) is 0 Å². The summed E-state index contributed by atoms with van der Waals surface area (Å²) in [6.45, 7) is 0.664. The van der Waals surface area contributed by atoms with Gasteiger partial charge in [-0.15, -0.1) is 11.3 Å². The lowest BCUT2D eigenvalue weighted by atomic mass is 10.1. The van der Waals surface area contributed by atoms with Gasteiger partial charge in [-0.1, -0.05) is 18.2 Å². The van der Waals surface area contributed by atoms with Crippen LogP contribution in [0.1, 0.15) is 11.3 Å². The van der Waals surface area contributed by atoms with Gasteiger partial charge in [0.25, 0.3) is 0 Å². The quantitative estimate of drug-likeness (QED) is 0.875. The minimum Gasteiger partial charge on any atom is -0.494 e. The number of hydrogen-bond acceptors (Lipinski definition) is 3. The molecular weight excluding hydrogens is 310 g/mol. The molecule has 18 heavy (non-hydrogen) atoms. The lowest BCUT2D eigenvalue weighted by Gasteiger charge is -2.11. The fourth-order valence-corrected chi connectivity index (χ4v) is 3.21. The molecule has 2 rings (SSSR count). The normalized spacial score (nSPS) is 12.3. The molecule has 1 aromatic heterocycles. The molecule has 1 heterocycles. The van der Waals surface area contributed by atoms with Crippen LogP contribution in [0, 0.1) is 0 Å². The van der Waals surface area contributed by atoms with Crippen LogP contribution in [-0.2, 0) is 6.42 Å². The van der Waals surface area contributed by atoms with Gasteiger partial charge in [-0.3, -0.25) is 0 Å². The highest BCUT2D eigenvalue weighted by Gasteiger charge is 2.06. The van der Waals surface area contributed by atoms with E-state index in [-0.39, 0.29) is 6.04 Å². The Balaban J connectivity index is 1.70. The van der Waals surface area contributed by atoms with E-state index in [4.69, 9.17) is 10.5 Å². The number of ether oxygens (including phenoxy) is 1. The number of halogens is 1. The highest BCUT2D eigenvalue weighted by Crippen LogP contribution is 2.21. The molecule has 0 fully saturated rings. The summed E-state index contributed by atoms with van der Waals surface area (Å²) in [5.41, 5.74) is 6.09. The zero-order valence-electron chi connectivity index (χ0n) is 10.0. The van der Waals surface area contributed by atoms with Crippen LogP contribution in [0.15, 0.2) is 46.3 Å². The third kappa shape index (κ3) is 4.44. The molecule has 0 aliphatic heterocycles. The van der Waals surface area contributed by atoms with Gasteiger partial charge in [0.1, 0.15) is 5.75 Å². The van der Waals surface area contributed by atoms with E-state index in [0.29, 0.717) is 6.61 Å². The summed E-state index contributed by atoms with van der Waals surface area (Å²) in [5, 5.41) is 2.09. The number of thiophene rings is 1. The number of benzene rings is 1. The van der Waals surface area contributed by atoms with E-state index in [0.717, 1.165) is 23.1 Å². The molecule has 0 radical (unpaired) electrons. The fourth-order valence-electron chi connectivity index (χ4n) is 1.67. The number of rotatable bonds is 6. The smallest absolute Gasteiger partial charge is 0.119 e. The van der Waals surface area contributed by atoms with Crippen molar-refractivity contribution in [3.05, 3.63) is 51.1 Å². The van der Waals surface area contributed by atoms with E-state index < -0.39 is 0 Å². The first-order chi connectivity index (χ1) is 8.74. The second-order valence-corrected chi connectivity index (χ2v) is 6.06. The molecule has 1 aromatic carbocycles. The van der Waals surface area contributed by atoms with Gasteiger partial charge in [0, 0.05) is 20.8 Å². The molecule has 2 N–H and O–H groups in total. The van der Waals surface area contributed by atoms with Crippen LogP contribution in [0.3, 0.4) is 0 Å². The number of hydrogen-bond donors (Lipinski definition) is 1. The maximum Gasteiger partial charge on any atom is 0.119 e. The lowest BCUT2D eigenvalue weighted by Crippen LogP contribution is -2.24. The average Bonchev–Trinajstić information content (AvgIpc) is 2.76. The highest BCUT2D eigenvalue weighted by molar-refractivity contribution is 9.10. The molecule has 1 atom stereocenters. The van der Waals surface area contributed by atoms with Crippen LogP contribution in [0.25, 0.3) is 0 Å². The summed E-state index contributed by atoms with van der Waals surface area (Å²) in [7, 11) is 0. The summed E-state index contributed by atoms with van der Waals surface area (Å²) in [4.78, 5) is 1.31. The van der Waals surface area contributed by atoms with Gasteiger partial charge < -0.3 is 10.5 Å². The molecule has 4 heteroatoms. The SMILES string of the molecule is NC(CCOc1ccccc1)Cc1cc(Br)cs1. The van der Waals surface area contributed by atoms with E-state index in [2.05, 4.69) is 27.4 Å². The Morgan fingerprint density at radius 2 is 2.06 bits per heavy atom. The Morgan fingerprint density at radius 3 is 2.72 bits per heavy atom. The molecular formula is C14H16BrNOS. The highest BCUT2D eigenvalue weighted by atomic mass is 79.9. The molecule has 2 aromatic rings. The Hall–Kier alpha value is -0.840. The maximum atomic E-state index is 6.09. The summed E-state index contributed by atoms with van der Waals surface area (Å²) in [6, 6.07) is 12.1. The average molecular weight is 326 g/mol. The van der Waals surface area contributed by atoms with Crippen LogP contribution in [0.2, 0.25) is 0 Å². The van der Waals surface area contributed by atoms with Crippen LogP contribution in [-0.4, -0.2) is 12.6 Å². The van der Waals surface area contributed by atoms with E-state index in [1.807, 2.05) is 30.3 Å². The van der Waals surface area contributed by atoms with Crippen LogP contribution >= 0.6 is 27.3 Å². The van der Waals surface area contributed by atoms with Gasteiger partial charge in [0.05, 0.1) is 6.61 Å². The first kappa shape index (κ1) is 13.6. The van der Waals surface area contributed by atoms with Crippen molar-refractivity contribution < 1.29 is 4.74 Å². The van der Waals surface area contributed by atoms with Crippen molar-refractivity contribution in [2.24, 2.45) is 5.73 Å². The summed E-state index contributed by atoms with van der Waals surface area (Å²) in [5.74, 6) is 0.906. The molecule has 2 nitrogen and oxygen atoms in total. The van der Waals surface area contributed by atoms with Crippen molar-refractivity contribution in [1.82, 2.24) is 0 Å². The van der Waals surface area contributed by atoms with Gasteiger partial charge in [-0.25, -0.2) is 0 Å². The topological polar surface area (TPSA) is 35.2 Å². The number of nitrogens with two attached hydrogens (primary N) is 1. The first-order valence-electron chi connectivity index (χ1n) is 5.90. The van der Waals surface area contributed by atoms with Crippen LogP contribution < -0.4 is 10.5 Å². The fraction of sp³-hybridized carbons (Fsp3) is 0.286. The van der Waals surface area contributed by atoms with Crippen molar-refractivity contribution in [3.8, 4) is 5.75 Å². The zero-order valence-corrected chi connectivity index (χ0v) is 12.4. The largest absolute Gasteiger partial charge is 0.494 e. The molecule has 0 aliphatic carbocycles.